The second-order valence-corrected chi connectivity index (χ2v) is 9.32. The largest absolute Gasteiger partial charge is 0.573 e. The summed E-state index contributed by atoms with van der Waals surface area (Å²) in [5.74, 6) is -1.90. The van der Waals surface area contributed by atoms with E-state index < -0.39 is 41.0 Å². The fraction of sp³-hybridized carbons (Fsp3) is 0.476. The number of amides is 2. The summed E-state index contributed by atoms with van der Waals surface area (Å²) in [5, 5.41) is 22.3. The number of nitrogens with zero attached hydrogens (tertiary/aromatic N) is 4. The minimum atomic E-state index is -4.91. The van der Waals surface area contributed by atoms with Crippen molar-refractivity contribution in [3.05, 3.63) is 40.7 Å². The number of hydrogen-bond acceptors (Lipinski definition) is 6. The van der Waals surface area contributed by atoms with Gasteiger partial charge in [0.2, 0.25) is 5.91 Å². The SMILES string of the molecule is CC(C)(C)n1ncc(C(=O)NC(Cc2ccc(OC(F)(F)F)c(Cl)c2)C(=O)NC2(C#N)CC2)n1. The third kappa shape index (κ3) is 6.38. The lowest BCUT2D eigenvalue weighted by atomic mass is 10.0. The van der Waals surface area contributed by atoms with Gasteiger partial charge in [0.1, 0.15) is 17.3 Å². The van der Waals surface area contributed by atoms with Gasteiger partial charge in [0, 0.05) is 6.42 Å². The van der Waals surface area contributed by atoms with Gasteiger partial charge in [-0.05, 0) is 51.3 Å². The van der Waals surface area contributed by atoms with E-state index in [0.29, 0.717) is 18.4 Å². The van der Waals surface area contributed by atoms with Gasteiger partial charge in [-0.1, -0.05) is 17.7 Å². The summed E-state index contributed by atoms with van der Waals surface area (Å²) < 4.78 is 41.3. The van der Waals surface area contributed by atoms with E-state index in [2.05, 4.69) is 25.6 Å². The molecule has 0 saturated heterocycles. The summed E-state index contributed by atoms with van der Waals surface area (Å²) in [6, 6.07) is 4.40. The standard InChI is InChI=1S/C21H22ClF3N6O3/c1-19(2,3)31-27-10-15(30-31)17(32)28-14(18(33)29-20(11-26)6-7-20)9-12-4-5-16(13(22)8-12)34-21(23,24)25/h4-5,8,10,14H,6-7,9H2,1-3H3,(H,28,32)(H,29,33). The van der Waals surface area contributed by atoms with Crippen molar-refractivity contribution in [3.63, 3.8) is 0 Å². The molecule has 13 heteroatoms. The van der Waals surface area contributed by atoms with Gasteiger partial charge < -0.3 is 15.4 Å². The molecule has 3 rings (SSSR count). The number of aromatic nitrogens is 3. The summed E-state index contributed by atoms with van der Waals surface area (Å²) >= 11 is 5.91. The molecule has 1 unspecified atom stereocenters. The Bertz CT molecular complexity index is 1130. The fourth-order valence-corrected chi connectivity index (χ4v) is 3.20. The molecule has 1 aromatic carbocycles. The van der Waals surface area contributed by atoms with E-state index in [0.717, 1.165) is 6.07 Å². The third-order valence-electron chi connectivity index (χ3n) is 4.93. The van der Waals surface area contributed by atoms with Crippen molar-refractivity contribution in [2.45, 2.75) is 63.5 Å². The van der Waals surface area contributed by atoms with Crippen LogP contribution in [0.3, 0.4) is 0 Å². The maximum Gasteiger partial charge on any atom is 0.573 e. The smallest absolute Gasteiger partial charge is 0.404 e. The molecule has 0 spiro atoms. The zero-order chi connectivity index (χ0) is 25.3. The molecule has 1 aliphatic carbocycles. The molecule has 0 radical (unpaired) electrons. The molecule has 2 N–H and O–H groups in total. The molecule has 1 atom stereocenters. The average Bonchev–Trinajstić information content (AvgIpc) is 3.29. The van der Waals surface area contributed by atoms with Crippen molar-refractivity contribution in [1.29, 1.82) is 5.26 Å². The van der Waals surface area contributed by atoms with E-state index in [1.165, 1.54) is 23.1 Å². The molecular weight excluding hydrogens is 477 g/mol. The minimum absolute atomic E-state index is 0.0268. The van der Waals surface area contributed by atoms with Crippen LogP contribution in [-0.4, -0.2) is 44.8 Å². The van der Waals surface area contributed by atoms with Crippen LogP contribution < -0.4 is 15.4 Å². The highest BCUT2D eigenvalue weighted by molar-refractivity contribution is 6.32. The predicted octanol–water partition coefficient (Wildman–Crippen LogP) is 3.10. The second kappa shape index (κ2) is 9.13. The third-order valence-corrected chi connectivity index (χ3v) is 5.23. The molecule has 2 amide bonds. The van der Waals surface area contributed by atoms with Crippen molar-refractivity contribution < 1.29 is 27.5 Å². The number of benzene rings is 1. The van der Waals surface area contributed by atoms with E-state index in [1.807, 2.05) is 26.8 Å². The van der Waals surface area contributed by atoms with E-state index in [4.69, 9.17) is 11.6 Å². The lowest BCUT2D eigenvalue weighted by molar-refractivity contribution is -0.274. The minimum Gasteiger partial charge on any atom is -0.404 e. The van der Waals surface area contributed by atoms with Crippen molar-refractivity contribution in [3.8, 4) is 11.8 Å². The number of rotatable bonds is 7. The van der Waals surface area contributed by atoms with Gasteiger partial charge in [-0.2, -0.15) is 15.2 Å². The molecule has 1 aliphatic rings. The van der Waals surface area contributed by atoms with Crippen LogP contribution >= 0.6 is 11.6 Å². The summed E-state index contributed by atoms with van der Waals surface area (Å²) in [4.78, 5) is 27.0. The van der Waals surface area contributed by atoms with Gasteiger partial charge in [-0.15, -0.1) is 18.3 Å². The van der Waals surface area contributed by atoms with Crippen molar-refractivity contribution in [1.82, 2.24) is 25.6 Å². The zero-order valence-corrected chi connectivity index (χ0v) is 19.3. The first-order chi connectivity index (χ1) is 15.7. The number of carbonyl (C=O) groups is 2. The van der Waals surface area contributed by atoms with Crippen LogP contribution in [0.15, 0.2) is 24.4 Å². The van der Waals surface area contributed by atoms with Crippen LogP contribution in [0, 0.1) is 11.3 Å². The Morgan fingerprint density at radius 3 is 2.50 bits per heavy atom. The molecule has 34 heavy (non-hydrogen) atoms. The Balaban J connectivity index is 1.80. The Morgan fingerprint density at radius 2 is 2.00 bits per heavy atom. The normalized spacial score (nSPS) is 15.7. The van der Waals surface area contributed by atoms with E-state index >= 15 is 0 Å². The highest BCUT2D eigenvalue weighted by atomic mass is 35.5. The molecule has 2 aromatic rings. The monoisotopic (exact) mass is 498 g/mol. The van der Waals surface area contributed by atoms with Gasteiger partial charge in [0.25, 0.3) is 5.91 Å². The number of nitrogens with one attached hydrogen (secondary N) is 2. The summed E-state index contributed by atoms with van der Waals surface area (Å²) in [5.41, 5.74) is -1.13. The maximum atomic E-state index is 12.9. The van der Waals surface area contributed by atoms with Crippen LogP contribution in [0.4, 0.5) is 13.2 Å². The molecule has 0 aliphatic heterocycles. The van der Waals surface area contributed by atoms with E-state index in [-0.39, 0.29) is 17.1 Å². The van der Waals surface area contributed by atoms with Crippen LogP contribution in [0.2, 0.25) is 5.02 Å². The zero-order valence-electron chi connectivity index (χ0n) is 18.5. The van der Waals surface area contributed by atoms with Crippen molar-refractivity contribution >= 4 is 23.4 Å². The molecule has 182 valence electrons. The maximum absolute atomic E-state index is 12.9. The van der Waals surface area contributed by atoms with Crippen LogP contribution in [-0.2, 0) is 16.8 Å². The average molecular weight is 499 g/mol. The van der Waals surface area contributed by atoms with Gasteiger partial charge in [-0.3, -0.25) is 9.59 Å². The first-order valence-electron chi connectivity index (χ1n) is 10.2. The van der Waals surface area contributed by atoms with E-state index in [1.54, 1.807) is 0 Å². The molecule has 9 nitrogen and oxygen atoms in total. The van der Waals surface area contributed by atoms with Gasteiger partial charge in [0.05, 0.1) is 22.8 Å². The lowest BCUT2D eigenvalue weighted by Gasteiger charge is -2.20. The van der Waals surface area contributed by atoms with Crippen LogP contribution in [0.25, 0.3) is 0 Å². The predicted molar refractivity (Wildman–Crippen MR) is 114 cm³/mol. The first kappa shape index (κ1) is 25.3. The number of hydrogen-bond donors (Lipinski definition) is 2. The number of ether oxygens (including phenoxy) is 1. The Morgan fingerprint density at radius 1 is 1.32 bits per heavy atom. The molecule has 1 aromatic heterocycles. The Kier molecular flexibility index (Phi) is 6.80. The number of nitriles is 1. The molecule has 1 saturated carbocycles. The summed E-state index contributed by atoms with van der Waals surface area (Å²) in [7, 11) is 0. The van der Waals surface area contributed by atoms with Gasteiger partial charge in [-0.25, -0.2) is 0 Å². The quantitative estimate of drug-likeness (QED) is 0.605. The summed E-state index contributed by atoms with van der Waals surface area (Å²) in [6.07, 6.45) is -2.82. The van der Waals surface area contributed by atoms with Crippen LogP contribution in [0.1, 0.15) is 49.7 Å². The summed E-state index contributed by atoms with van der Waals surface area (Å²) in [6.45, 7) is 5.54. The van der Waals surface area contributed by atoms with Crippen molar-refractivity contribution in [2.75, 3.05) is 0 Å². The molecule has 0 bridgehead atoms. The number of halogens is 4. The second-order valence-electron chi connectivity index (χ2n) is 8.92. The fourth-order valence-electron chi connectivity index (χ4n) is 2.96. The van der Waals surface area contributed by atoms with E-state index in [9.17, 15) is 28.0 Å². The molecular formula is C21H22ClF3N6O3. The highest BCUT2D eigenvalue weighted by Crippen LogP contribution is 2.34. The Hall–Kier alpha value is -3.33. The Labute approximate surface area is 198 Å². The number of carbonyl (C=O) groups excluding carboxylic acids is 2. The highest BCUT2D eigenvalue weighted by Gasteiger charge is 2.45. The van der Waals surface area contributed by atoms with Gasteiger partial charge >= 0.3 is 6.36 Å². The van der Waals surface area contributed by atoms with Crippen molar-refractivity contribution in [2.24, 2.45) is 0 Å². The molecule has 1 heterocycles. The first-order valence-corrected chi connectivity index (χ1v) is 10.6. The lowest BCUT2D eigenvalue weighted by Crippen LogP contribution is -2.51. The van der Waals surface area contributed by atoms with Gasteiger partial charge in [0.15, 0.2) is 5.69 Å². The topological polar surface area (TPSA) is 122 Å². The van der Waals surface area contributed by atoms with Crippen LogP contribution in [0.5, 0.6) is 5.75 Å². The number of alkyl halides is 3. The molecule has 1 fully saturated rings.